The molecule has 0 radical (unpaired) electrons. The van der Waals surface area contributed by atoms with Crippen molar-refractivity contribution in [3.8, 4) is 0 Å². The third-order valence-corrected chi connectivity index (χ3v) is 2.25. The number of hydrogen-bond acceptors (Lipinski definition) is 2. The first-order chi connectivity index (χ1) is 6.56. The number of hydrogen-bond donors (Lipinski definition) is 2. The summed E-state index contributed by atoms with van der Waals surface area (Å²) in [6.45, 7) is 1.85. The number of rotatable bonds is 3. The van der Waals surface area contributed by atoms with Crippen LogP contribution in [0, 0.1) is 11.6 Å². The maximum absolute atomic E-state index is 13.2. The van der Waals surface area contributed by atoms with Crippen molar-refractivity contribution in [2.45, 2.75) is 25.4 Å². The van der Waals surface area contributed by atoms with E-state index in [0.717, 1.165) is 18.2 Å². The van der Waals surface area contributed by atoms with Crippen LogP contribution in [0.5, 0.6) is 0 Å². The molecule has 0 aliphatic rings. The zero-order valence-corrected chi connectivity index (χ0v) is 8.00. The Morgan fingerprint density at radius 2 is 1.93 bits per heavy atom. The lowest BCUT2D eigenvalue weighted by molar-refractivity contribution is 0.495. The standard InChI is InChI=1S/C10H14F2N2/c1-2-9(13)10(14)7-5-6(11)3-4-8(7)12/h3-5,9-10H,2,13-14H2,1H3/t9-,10-/m0/s1. The van der Waals surface area contributed by atoms with Crippen LogP contribution in [0.2, 0.25) is 0 Å². The highest BCUT2D eigenvalue weighted by atomic mass is 19.1. The van der Waals surface area contributed by atoms with Crippen LogP contribution in [-0.4, -0.2) is 6.04 Å². The quantitative estimate of drug-likeness (QED) is 0.780. The molecule has 0 amide bonds. The second kappa shape index (κ2) is 4.48. The Kier molecular flexibility index (Phi) is 3.55. The molecule has 1 aromatic carbocycles. The van der Waals surface area contributed by atoms with Crippen molar-refractivity contribution in [3.05, 3.63) is 35.4 Å². The molecule has 0 bridgehead atoms. The van der Waals surface area contributed by atoms with Gasteiger partial charge in [-0.25, -0.2) is 8.78 Å². The van der Waals surface area contributed by atoms with Crippen LogP contribution in [0.4, 0.5) is 8.78 Å². The second-order valence-corrected chi connectivity index (χ2v) is 3.26. The zero-order valence-electron chi connectivity index (χ0n) is 8.00. The Morgan fingerprint density at radius 1 is 1.29 bits per heavy atom. The first kappa shape index (κ1) is 11.1. The predicted molar refractivity (Wildman–Crippen MR) is 51.6 cm³/mol. The molecule has 4 heteroatoms. The molecule has 14 heavy (non-hydrogen) atoms. The van der Waals surface area contributed by atoms with Crippen molar-refractivity contribution < 1.29 is 8.78 Å². The lowest BCUT2D eigenvalue weighted by Crippen LogP contribution is -2.34. The molecule has 0 aliphatic carbocycles. The van der Waals surface area contributed by atoms with Crippen LogP contribution in [0.3, 0.4) is 0 Å². The lowest BCUT2D eigenvalue weighted by atomic mass is 9.98. The summed E-state index contributed by atoms with van der Waals surface area (Å²) >= 11 is 0. The summed E-state index contributed by atoms with van der Waals surface area (Å²) in [4.78, 5) is 0. The molecule has 0 fully saturated rings. The van der Waals surface area contributed by atoms with E-state index in [2.05, 4.69) is 0 Å². The van der Waals surface area contributed by atoms with Gasteiger partial charge in [-0.15, -0.1) is 0 Å². The Balaban J connectivity index is 2.99. The Bertz CT molecular complexity index is 315. The van der Waals surface area contributed by atoms with Gasteiger partial charge in [-0.05, 0) is 24.6 Å². The van der Waals surface area contributed by atoms with Crippen LogP contribution < -0.4 is 11.5 Å². The van der Waals surface area contributed by atoms with E-state index in [1.165, 1.54) is 0 Å². The molecule has 0 saturated carbocycles. The average molecular weight is 200 g/mol. The minimum atomic E-state index is -0.657. The fourth-order valence-electron chi connectivity index (χ4n) is 1.25. The summed E-state index contributed by atoms with van der Waals surface area (Å²) in [5, 5.41) is 0. The average Bonchev–Trinajstić information content (AvgIpc) is 2.19. The van der Waals surface area contributed by atoms with Crippen molar-refractivity contribution >= 4 is 0 Å². The van der Waals surface area contributed by atoms with Crippen LogP contribution in [0.15, 0.2) is 18.2 Å². The molecule has 0 aromatic heterocycles. The molecule has 1 rings (SSSR count). The highest BCUT2D eigenvalue weighted by Crippen LogP contribution is 2.19. The number of halogens is 2. The van der Waals surface area contributed by atoms with Gasteiger partial charge in [-0.1, -0.05) is 6.92 Å². The van der Waals surface area contributed by atoms with Crippen LogP contribution in [0.1, 0.15) is 24.9 Å². The topological polar surface area (TPSA) is 52.0 Å². The van der Waals surface area contributed by atoms with E-state index < -0.39 is 17.7 Å². The molecule has 2 nitrogen and oxygen atoms in total. The van der Waals surface area contributed by atoms with E-state index >= 15 is 0 Å². The summed E-state index contributed by atoms with van der Waals surface area (Å²) in [6.07, 6.45) is 0.622. The van der Waals surface area contributed by atoms with Crippen molar-refractivity contribution in [3.63, 3.8) is 0 Å². The van der Waals surface area contributed by atoms with E-state index in [4.69, 9.17) is 11.5 Å². The van der Waals surface area contributed by atoms with Crippen molar-refractivity contribution in [2.24, 2.45) is 11.5 Å². The number of benzene rings is 1. The minimum Gasteiger partial charge on any atom is -0.326 e. The molecule has 2 atom stereocenters. The molecule has 0 unspecified atom stereocenters. The zero-order chi connectivity index (χ0) is 10.7. The van der Waals surface area contributed by atoms with Crippen LogP contribution >= 0.6 is 0 Å². The molecule has 1 aromatic rings. The van der Waals surface area contributed by atoms with E-state index in [1.54, 1.807) is 0 Å². The van der Waals surface area contributed by atoms with E-state index in [1.807, 2.05) is 6.92 Å². The summed E-state index contributed by atoms with van der Waals surface area (Å²) in [5.74, 6) is -1.01. The summed E-state index contributed by atoms with van der Waals surface area (Å²) in [6, 6.07) is 2.20. The molecule has 4 N–H and O–H groups in total. The van der Waals surface area contributed by atoms with Crippen LogP contribution in [-0.2, 0) is 0 Å². The SMILES string of the molecule is CC[C@H](N)[C@@H](N)c1cc(F)ccc1F. The Morgan fingerprint density at radius 3 is 2.50 bits per heavy atom. The van der Waals surface area contributed by atoms with Crippen molar-refractivity contribution in [1.82, 2.24) is 0 Å². The molecule has 0 saturated heterocycles. The maximum Gasteiger partial charge on any atom is 0.128 e. The number of nitrogens with two attached hydrogens (primary N) is 2. The maximum atomic E-state index is 13.2. The summed E-state index contributed by atoms with van der Waals surface area (Å²) in [5.41, 5.74) is 11.5. The smallest absolute Gasteiger partial charge is 0.128 e. The summed E-state index contributed by atoms with van der Waals surface area (Å²) in [7, 11) is 0. The fraction of sp³-hybridized carbons (Fsp3) is 0.400. The first-order valence-corrected chi connectivity index (χ1v) is 4.52. The Hall–Kier alpha value is -1.00. The van der Waals surface area contributed by atoms with Gasteiger partial charge in [0.05, 0.1) is 0 Å². The molecule has 0 heterocycles. The highest BCUT2D eigenvalue weighted by Gasteiger charge is 2.17. The van der Waals surface area contributed by atoms with Gasteiger partial charge in [0.25, 0.3) is 0 Å². The minimum absolute atomic E-state index is 0.138. The Labute approximate surface area is 81.9 Å². The van der Waals surface area contributed by atoms with Gasteiger partial charge >= 0.3 is 0 Å². The molecule has 0 spiro atoms. The van der Waals surface area contributed by atoms with Crippen LogP contribution in [0.25, 0.3) is 0 Å². The van der Waals surface area contributed by atoms with Gasteiger partial charge in [0.2, 0.25) is 0 Å². The molecular weight excluding hydrogens is 186 g/mol. The second-order valence-electron chi connectivity index (χ2n) is 3.26. The van der Waals surface area contributed by atoms with Gasteiger partial charge < -0.3 is 11.5 Å². The van der Waals surface area contributed by atoms with E-state index in [-0.39, 0.29) is 11.6 Å². The third kappa shape index (κ3) is 2.27. The van der Waals surface area contributed by atoms with E-state index in [0.29, 0.717) is 6.42 Å². The monoisotopic (exact) mass is 200 g/mol. The fourth-order valence-corrected chi connectivity index (χ4v) is 1.25. The molecule has 0 aliphatic heterocycles. The van der Waals surface area contributed by atoms with Crippen molar-refractivity contribution in [2.75, 3.05) is 0 Å². The predicted octanol–water partition coefficient (Wildman–Crippen LogP) is 1.70. The lowest BCUT2D eigenvalue weighted by Gasteiger charge is -2.19. The van der Waals surface area contributed by atoms with Gasteiger partial charge in [-0.3, -0.25) is 0 Å². The molecule has 78 valence electrons. The third-order valence-electron chi connectivity index (χ3n) is 2.25. The largest absolute Gasteiger partial charge is 0.326 e. The van der Waals surface area contributed by atoms with Crippen molar-refractivity contribution in [1.29, 1.82) is 0 Å². The normalized spacial score (nSPS) is 15.2. The van der Waals surface area contributed by atoms with E-state index in [9.17, 15) is 8.78 Å². The van der Waals surface area contributed by atoms with Gasteiger partial charge in [-0.2, -0.15) is 0 Å². The van der Waals surface area contributed by atoms with Gasteiger partial charge in [0, 0.05) is 17.6 Å². The molecular formula is C10H14F2N2. The van der Waals surface area contributed by atoms with Gasteiger partial charge in [0.15, 0.2) is 0 Å². The first-order valence-electron chi connectivity index (χ1n) is 4.52. The highest BCUT2D eigenvalue weighted by molar-refractivity contribution is 5.23. The van der Waals surface area contributed by atoms with Gasteiger partial charge in [0.1, 0.15) is 11.6 Å². The summed E-state index contributed by atoms with van der Waals surface area (Å²) < 4.78 is 26.0.